The van der Waals surface area contributed by atoms with Crippen molar-refractivity contribution in [1.82, 2.24) is 9.55 Å². The van der Waals surface area contributed by atoms with Gasteiger partial charge in [0, 0.05) is 30.6 Å². The number of nitrogens with zero attached hydrogens (tertiary/aromatic N) is 3. The third-order valence-corrected chi connectivity index (χ3v) is 7.51. The lowest BCUT2D eigenvalue weighted by atomic mass is 10.0. The Balaban J connectivity index is 1.60. The minimum atomic E-state index is -4.56. The second-order valence-corrected chi connectivity index (χ2v) is 11.1. The molecule has 6 nitrogen and oxygen atoms in total. The van der Waals surface area contributed by atoms with Crippen LogP contribution in [0.1, 0.15) is 12.0 Å². The predicted molar refractivity (Wildman–Crippen MR) is 135 cm³/mol. The van der Waals surface area contributed by atoms with Crippen molar-refractivity contribution in [2.75, 3.05) is 24.2 Å². The number of sulfone groups is 1. The summed E-state index contributed by atoms with van der Waals surface area (Å²) in [6.45, 7) is 0.904. The van der Waals surface area contributed by atoms with Gasteiger partial charge in [-0.1, -0.05) is 42.5 Å². The quantitative estimate of drug-likeness (QED) is 0.386. The van der Waals surface area contributed by atoms with Crippen molar-refractivity contribution in [2.45, 2.75) is 23.6 Å². The molecular formula is C27H24F3N3O3S. The minimum absolute atomic E-state index is 0.0501. The number of hydrogen-bond acceptors (Lipinski definition) is 5. The Morgan fingerprint density at radius 3 is 2.35 bits per heavy atom. The summed E-state index contributed by atoms with van der Waals surface area (Å²) < 4.78 is 67.1. The SMILES string of the molecule is CS(=O)(=O)c1cccc(-c2ccc(-n3cc(N4CCC(O)C4)nc3-c3ccccc3C(F)(F)F)cc2)c1. The zero-order chi connectivity index (χ0) is 26.4. The van der Waals surface area contributed by atoms with Crippen molar-refractivity contribution < 1.29 is 26.7 Å². The molecule has 0 amide bonds. The molecule has 10 heteroatoms. The van der Waals surface area contributed by atoms with Gasteiger partial charge in [-0.15, -0.1) is 0 Å². The summed E-state index contributed by atoms with van der Waals surface area (Å²) in [5.41, 5.74) is 1.22. The van der Waals surface area contributed by atoms with E-state index in [1.54, 1.807) is 59.3 Å². The van der Waals surface area contributed by atoms with Crippen molar-refractivity contribution >= 4 is 15.7 Å². The lowest BCUT2D eigenvalue weighted by Gasteiger charge is -2.14. The van der Waals surface area contributed by atoms with E-state index in [-0.39, 0.29) is 16.3 Å². The fourth-order valence-corrected chi connectivity index (χ4v) is 5.17. The van der Waals surface area contributed by atoms with Gasteiger partial charge in [-0.25, -0.2) is 13.4 Å². The molecule has 1 unspecified atom stereocenters. The highest BCUT2D eigenvalue weighted by atomic mass is 32.2. The van der Waals surface area contributed by atoms with Crippen LogP contribution < -0.4 is 4.90 Å². The van der Waals surface area contributed by atoms with Crippen LogP contribution in [0.2, 0.25) is 0 Å². The van der Waals surface area contributed by atoms with Gasteiger partial charge in [0.25, 0.3) is 0 Å². The Kier molecular flexibility index (Phi) is 6.33. The number of aliphatic hydroxyl groups excluding tert-OH is 1. The summed E-state index contributed by atoms with van der Waals surface area (Å²) in [7, 11) is -3.37. The summed E-state index contributed by atoms with van der Waals surface area (Å²) in [6.07, 6.45) is -1.70. The number of β-amino-alcohol motifs (C(OH)–C–C–N with tert-alkyl or cyclic N) is 1. The highest BCUT2D eigenvalue weighted by Crippen LogP contribution is 2.38. The number of aliphatic hydroxyl groups is 1. The van der Waals surface area contributed by atoms with E-state index < -0.39 is 27.7 Å². The number of hydrogen-bond donors (Lipinski definition) is 1. The summed E-state index contributed by atoms with van der Waals surface area (Å²) in [4.78, 5) is 6.63. The maximum Gasteiger partial charge on any atom is 0.417 e. The number of alkyl halides is 3. The first-order chi connectivity index (χ1) is 17.5. The largest absolute Gasteiger partial charge is 0.417 e. The number of benzene rings is 3. The maximum absolute atomic E-state index is 13.9. The maximum atomic E-state index is 13.9. The van der Waals surface area contributed by atoms with E-state index in [1.165, 1.54) is 18.2 Å². The average molecular weight is 528 g/mol. The number of anilines is 1. The lowest BCUT2D eigenvalue weighted by Crippen LogP contribution is -2.21. The third-order valence-electron chi connectivity index (χ3n) is 6.39. The first-order valence-corrected chi connectivity index (χ1v) is 13.5. The molecule has 2 heterocycles. The highest BCUT2D eigenvalue weighted by molar-refractivity contribution is 7.90. The van der Waals surface area contributed by atoms with Gasteiger partial charge in [0.05, 0.1) is 22.8 Å². The summed E-state index contributed by atoms with van der Waals surface area (Å²) >= 11 is 0. The van der Waals surface area contributed by atoms with Gasteiger partial charge in [0.15, 0.2) is 9.84 Å². The number of rotatable bonds is 5. The van der Waals surface area contributed by atoms with Crippen molar-refractivity contribution in [3.8, 4) is 28.2 Å². The van der Waals surface area contributed by atoms with Gasteiger partial charge in [-0.05, 0) is 47.9 Å². The summed E-state index contributed by atoms with van der Waals surface area (Å²) in [5.74, 6) is 0.615. The van der Waals surface area contributed by atoms with E-state index in [2.05, 4.69) is 4.98 Å². The molecular weight excluding hydrogens is 503 g/mol. The van der Waals surface area contributed by atoms with Crippen LogP contribution in [-0.4, -0.2) is 48.5 Å². The molecule has 1 aliphatic rings. The molecule has 1 aliphatic heterocycles. The zero-order valence-electron chi connectivity index (χ0n) is 19.9. The Labute approximate surface area is 212 Å². The van der Waals surface area contributed by atoms with Crippen LogP contribution in [0.5, 0.6) is 0 Å². The van der Waals surface area contributed by atoms with Gasteiger partial charge in [-0.3, -0.25) is 4.57 Å². The zero-order valence-corrected chi connectivity index (χ0v) is 20.7. The molecule has 0 bridgehead atoms. The first-order valence-electron chi connectivity index (χ1n) is 11.6. The molecule has 0 spiro atoms. The van der Waals surface area contributed by atoms with E-state index in [0.717, 1.165) is 17.9 Å². The molecule has 0 saturated carbocycles. The van der Waals surface area contributed by atoms with Crippen LogP contribution in [0, 0.1) is 0 Å². The third kappa shape index (κ3) is 5.12. The number of imidazole rings is 1. The molecule has 3 aromatic carbocycles. The predicted octanol–water partition coefficient (Wildman–Crippen LogP) is 5.20. The smallest absolute Gasteiger partial charge is 0.391 e. The molecule has 192 valence electrons. The number of halogens is 3. The summed E-state index contributed by atoms with van der Waals surface area (Å²) in [6, 6.07) is 19.0. The van der Waals surface area contributed by atoms with E-state index in [0.29, 0.717) is 36.6 Å². The molecule has 37 heavy (non-hydrogen) atoms. The topological polar surface area (TPSA) is 75.4 Å². The van der Waals surface area contributed by atoms with E-state index >= 15 is 0 Å². The van der Waals surface area contributed by atoms with Crippen LogP contribution in [0.25, 0.3) is 28.2 Å². The molecule has 1 atom stereocenters. The number of aromatic nitrogens is 2. The molecule has 0 aliphatic carbocycles. The Bertz CT molecular complexity index is 1550. The fraction of sp³-hybridized carbons (Fsp3) is 0.222. The van der Waals surface area contributed by atoms with Gasteiger partial charge >= 0.3 is 6.18 Å². The molecule has 5 rings (SSSR count). The molecule has 0 radical (unpaired) electrons. The highest BCUT2D eigenvalue weighted by Gasteiger charge is 2.35. The molecule has 4 aromatic rings. The van der Waals surface area contributed by atoms with Gasteiger partial charge in [0.1, 0.15) is 11.6 Å². The average Bonchev–Trinajstić information content (AvgIpc) is 3.50. The van der Waals surface area contributed by atoms with Crippen LogP contribution >= 0.6 is 0 Å². The second-order valence-electron chi connectivity index (χ2n) is 9.07. The molecule has 1 aromatic heterocycles. The molecule has 1 N–H and O–H groups in total. The van der Waals surface area contributed by atoms with Crippen LogP contribution in [0.15, 0.2) is 83.9 Å². The first kappa shape index (κ1) is 25.0. The van der Waals surface area contributed by atoms with E-state index in [1.807, 2.05) is 4.90 Å². The second kappa shape index (κ2) is 9.35. The van der Waals surface area contributed by atoms with Gasteiger partial charge < -0.3 is 10.0 Å². The standard InChI is InChI=1S/C27H24F3N3O3S/c1-37(35,36)22-6-4-5-19(15-22)18-9-11-20(12-10-18)33-17-25(32-14-13-21(34)16-32)31-26(33)23-7-2-3-8-24(23)27(28,29)30/h2-12,15,17,21,34H,13-14,16H2,1H3. The monoisotopic (exact) mass is 527 g/mol. The fourth-order valence-electron chi connectivity index (χ4n) is 4.50. The van der Waals surface area contributed by atoms with Gasteiger partial charge in [0.2, 0.25) is 0 Å². The van der Waals surface area contributed by atoms with E-state index in [4.69, 9.17) is 0 Å². The Hall–Kier alpha value is -3.63. The molecule has 1 saturated heterocycles. The van der Waals surface area contributed by atoms with Crippen LogP contribution in [0.3, 0.4) is 0 Å². The Morgan fingerprint density at radius 2 is 1.70 bits per heavy atom. The lowest BCUT2D eigenvalue weighted by molar-refractivity contribution is -0.137. The minimum Gasteiger partial charge on any atom is -0.391 e. The molecule has 1 fully saturated rings. The normalized spacial score (nSPS) is 16.4. The van der Waals surface area contributed by atoms with Crippen LogP contribution in [0.4, 0.5) is 19.0 Å². The summed E-state index contributed by atoms with van der Waals surface area (Å²) in [5, 5.41) is 9.97. The van der Waals surface area contributed by atoms with Crippen molar-refractivity contribution in [1.29, 1.82) is 0 Å². The van der Waals surface area contributed by atoms with Crippen molar-refractivity contribution in [3.63, 3.8) is 0 Å². The van der Waals surface area contributed by atoms with E-state index in [9.17, 15) is 26.7 Å². The van der Waals surface area contributed by atoms with Crippen molar-refractivity contribution in [2.24, 2.45) is 0 Å². The Morgan fingerprint density at radius 1 is 0.973 bits per heavy atom. The van der Waals surface area contributed by atoms with Crippen molar-refractivity contribution in [3.05, 3.63) is 84.6 Å². The van der Waals surface area contributed by atoms with Gasteiger partial charge in [-0.2, -0.15) is 13.2 Å². The van der Waals surface area contributed by atoms with Crippen LogP contribution in [-0.2, 0) is 16.0 Å².